The maximum Gasteiger partial charge on any atom is 0.286 e. The molecular formula is C24H23BrCl2N4O. The van der Waals surface area contributed by atoms with Crippen molar-refractivity contribution in [2.45, 2.75) is 38.5 Å². The number of carbonyl (C=O) groups excluding carboxylic acids is 1. The summed E-state index contributed by atoms with van der Waals surface area (Å²) < 4.78 is 2.86. The SMILES string of the molecule is O=C(NN1CCCCC1)c1nn(-c2ccc(Cl)cc2Cl)c2c1CCCc1cc(Br)ccc1-2. The molecule has 32 heavy (non-hydrogen) atoms. The van der Waals surface area contributed by atoms with Gasteiger partial charge in [0.2, 0.25) is 0 Å². The van der Waals surface area contributed by atoms with Gasteiger partial charge in [-0.15, -0.1) is 0 Å². The highest BCUT2D eigenvalue weighted by atomic mass is 79.9. The Kier molecular flexibility index (Phi) is 6.30. The van der Waals surface area contributed by atoms with E-state index in [0.29, 0.717) is 21.4 Å². The molecule has 1 aromatic heterocycles. The monoisotopic (exact) mass is 532 g/mol. The summed E-state index contributed by atoms with van der Waals surface area (Å²) in [5, 5.41) is 7.88. The molecule has 2 aliphatic rings. The van der Waals surface area contributed by atoms with E-state index in [1.807, 2.05) is 21.8 Å². The molecule has 2 heterocycles. The van der Waals surface area contributed by atoms with Crippen LogP contribution in [0.2, 0.25) is 10.0 Å². The second-order valence-electron chi connectivity index (χ2n) is 8.33. The molecule has 3 aromatic rings. The number of amides is 1. The molecule has 166 valence electrons. The minimum absolute atomic E-state index is 0.160. The van der Waals surface area contributed by atoms with Gasteiger partial charge in [0, 0.05) is 33.7 Å². The van der Waals surface area contributed by atoms with Crippen molar-refractivity contribution in [1.82, 2.24) is 20.2 Å². The number of rotatable bonds is 3. The number of aromatic nitrogens is 2. The second-order valence-corrected chi connectivity index (χ2v) is 10.1. The fourth-order valence-electron chi connectivity index (χ4n) is 4.63. The van der Waals surface area contributed by atoms with E-state index in [-0.39, 0.29) is 5.91 Å². The molecule has 1 aliphatic heterocycles. The summed E-state index contributed by atoms with van der Waals surface area (Å²) in [5.41, 5.74) is 8.46. The van der Waals surface area contributed by atoms with E-state index in [1.165, 1.54) is 12.0 Å². The number of halogens is 3. The van der Waals surface area contributed by atoms with Crippen LogP contribution in [0.1, 0.15) is 47.3 Å². The van der Waals surface area contributed by atoms with Gasteiger partial charge in [0.15, 0.2) is 5.69 Å². The molecule has 5 rings (SSSR count). The molecule has 1 N–H and O–H groups in total. The van der Waals surface area contributed by atoms with E-state index < -0.39 is 0 Å². The fraction of sp³-hybridized carbons (Fsp3) is 0.333. The molecule has 5 nitrogen and oxygen atoms in total. The maximum atomic E-state index is 13.4. The van der Waals surface area contributed by atoms with E-state index in [2.05, 4.69) is 33.5 Å². The van der Waals surface area contributed by atoms with E-state index in [1.54, 1.807) is 12.1 Å². The summed E-state index contributed by atoms with van der Waals surface area (Å²) in [7, 11) is 0. The van der Waals surface area contributed by atoms with Gasteiger partial charge in [0.05, 0.1) is 16.4 Å². The van der Waals surface area contributed by atoms with Gasteiger partial charge in [-0.05, 0) is 68.0 Å². The first kappa shape index (κ1) is 22.0. The molecule has 1 aliphatic carbocycles. The van der Waals surface area contributed by atoms with Gasteiger partial charge >= 0.3 is 0 Å². The van der Waals surface area contributed by atoms with Crippen LogP contribution >= 0.6 is 39.1 Å². The zero-order chi connectivity index (χ0) is 22.2. The van der Waals surface area contributed by atoms with E-state index in [9.17, 15) is 4.79 Å². The van der Waals surface area contributed by atoms with Crippen molar-refractivity contribution in [2.24, 2.45) is 0 Å². The van der Waals surface area contributed by atoms with Gasteiger partial charge in [-0.3, -0.25) is 10.2 Å². The van der Waals surface area contributed by atoms with Gasteiger partial charge in [-0.2, -0.15) is 5.10 Å². The molecule has 0 radical (unpaired) electrons. The van der Waals surface area contributed by atoms with Crippen LogP contribution in [0.25, 0.3) is 16.9 Å². The topological polar surface area (TPSA) is 50.2 Å². The number of carbonyl (C=O) groups is 1. The zero-order valence-corrected chi connectivity index (χ0v) is 20.6. The zero-order valence-electron chi connectivity index (χ0n) is 17.5. The highest BCUT2D eigenvalue weighted by molar-refractivity contribution is 9.10. The fourth-order valence-corrected chi connectivity index (χ4v) is 5.53. The number of benzene rings is 2. The van der Waals surface area contributed by atoms with Gasteiger partial charge < -0.3 is 0 Å². The number of piperidine rings is 1. The minimum Gasteiger partial charge on any atom is -0.283 e. The van der Waals surface area contributed by atoms with Crippen LogP contribution in [0.15, 0.2) is 40.9 Å². The lowest BCUT2D eigenvalue weighted by molar-refractivity contribution is 0.0743. The van der Waals surface area contributed by atoms with Gasteiger partial charge in [0.1, 0.15) is 0 Å². The molecule has 1 saturated heterocycles. The number of nitrogens with one attached hydrogen (secondary N) is 1. The largest absolute Gasteiger partial charge is 0.286 e. The number of hydrogen-bond donors (Lipinski definition) is 1. The standard InChI is InChI=1S/C24H23BrCl2N4O/c25-16-7-9-18-15(13-16)5-4-6-19-22(24(32)29-30-11-2-1-3-12-30)28-31(23(18)19)21-10-8-17(26)14-20(21)27/h7-10,13-14H,1-6,11-12H2,(H,29,32). The van der Waals surface area contributed by atoms with Crippen LogP contribution in [0.4, 0.5) is 0 Å². The van der Waals surface area contributed by atoms with Crippen LogP contribution in [0, 0.1) is 0 Å². The lowest BCUT2D eigenvalue weighted by Crippen LogP contribution is -2.45. The molecule has 0 bridgehead atoms. The predicted molar refractivity (Wildman–Crippen MR) is 132 cm³/mol. The highest BCUT2D eigenvalue weighted by Crippen LogP contribution is 2.38. The minimum atomic E-state index is -0.160. The second kappa shape index (κ2) is 9.18. The third-order valence-corrected chi connectivity index (χ3v) is 7.18. The third-order valence-electron chi connectivity index (χ3n) is 6.15. The smallest absolute Gasteiger partial charge is 0.283 e. The van der Waals surface area contributed by atoms with Crippen molar-refractivity contribution >= 4 is 45.0 Å². The van der Waals surface area contributed by atoms with Crippen molar-refractivity contribution in [2.75, 3.05) is 13.1 Å². The van der Waals surface area contributed by atoms with Crippen molar-refractivity contribution in [3.8, 4) is 16.9 Å². The molecular weight excluding hydrogens is 511 g/mol. The number of nitrogens with zero attached hydrogens (tertiary/aromatic N) is 3. The average molecular weight is 534 g/mol. The van der Waals surface area contributed by atoms with Crippen molar-refractivity contribution in [3.05, 3.63) is 67.7 Å². The average Bonchev–Trinajstić information content (AvgIpc) is 3.03. The maximum absolute atomic E-state index is 13.4. The highest BCUT2D eigenvalue weighted by Gasteiger charge is 2.29. The van der Waals surface area contributed by atoms with E-state index >= 15 is 0 Å². The van der Waals surface area contributed by atoms with Gasteiger partial charge in [0.25, 0.3) is 5.91 Å². The first-order chi connectivity index (χ1) is 15.5. The third kappa shape index (κ3) is 4.21. The van der Waals surface area contributed by atoms with Crippen molar-refractivity contribution in [3.63, 3.8) is 0 Å². The van der Waals surface area contributed by atoms with E-state index in [0.717, 1.165) is 66.5 Å². The Morgan fingerprint density at radius 1 is 1.00 bits per heavy atom. The van der Waals surface area contributed by atoms with Crippen molar-refractivity contribution in [1.29, 1.82) is 0 Å². The molecule has 1 amide bonds. The van der Waals surface area contributed by atoms with Crippen LogP contribution < -0.4 is 5.43 Å². The Labute approximate surface area is 205 Å². The Balaban J connectivity index is 1.66. The van der Waals surface area contributed by atoms with E-state index in [4.69, 9.17) is 28.3 Å². The summed E-state index contributed by atoms with van der Waals surface area (Å²) in [4.78, 5) is 13.4. The molecule has 8 heteroatoms. The van der Waals surface area contributed by atoms with Crippen molar-refractivity contribution < 1.29 is 4.79 Å². The number of hydrogen-bond acceptors (Lipinski definition) is 3. The summed E-state index contributed by atoms with van der Waals surface area (Å²) in [6.45, 7) is 1.74. The molecule has 0 spiro atoms. The predicted octanol–water partition coefficient (Wildman–Crippen LogP) is 6.23. The number of fused-ring (bicyclic) bond motifs is 3. The molecule has 2 aromatic carbocycles. The van der Waals surface area contributed by atoms with Crippen LogP contribution in [-0.4, -0.2) is 33.8 Å². The Bertz CT molecular complexity index is 1190. The Hall–Kier alpha value is -1.86. The first-order valence-electron chi connectivity index (χ1n) is 10.9. The van der Waals surface area contributed by atoms with Gasteiger partial charge in [-0.1, -0.05) is 51.6 Å². The molecule has 0 atom stereocenters. The number of aryl methyl sites for hydroxylation is 1. The summed E-state index contributed by atoms with van der Waals surface area (Å²) in [6, 6.07) is 11.6. The lowest BCUT2D eigenvalue weighted by atomic mass is 10.0. The molecule has 0 unspecified atom stereocenters. The Morgan fingerprint density at radius 2 is 1.81 bits per heavy atom. The summed E-state index contributed by atoms with van der Waals surface area (Å²) in [5.74, 6) is -0.160. The quantitative estimate of drug-likeness (QED) is 0.434. The normalized spacial score (nSPS) is 16.2. The Morgan fingerprint density at radius 3 is 2.59 bits per heavy atom. The first-order valence-corrected chi connectivity index (χ1v) is 12.5. The molecule has 1 fully saturated rings. The van der Waals surface area contributed by atoms with Crippen LogP contribution in [0.5, 0.6) is 0 Å². The summed E-state index contributed by atoms with van der Waals surface area (Å²) >= 11 is 16.3. The molecule has 0 saturated carbocycles. The summed E-state index contributed by atoms with van der Waals surface area (Å²) in [6.07, 6.45) is 6.05. The van der Waals surface area contributed by atoms with Crippen LogP contribution in [0.3, 0.4) is 0 Å². The van der Waals surface area contributed by atoms with Crippen LogP contribution in [-0.2, 0) is 12.8 Å². The lowest BCUT2D eigenvalue weighted by Gasteiger charge is -2.26. The number of hydrazine groups is 1. The van der Waals surface area contributed by atoms with Gasteiger partial charge in [-0.25, -0.2) is 9.69 Å².